The Kier molecular flexibility index (Phi) is 5.43. The third-order valence-corrected chi connectivity index (χ3v) is 4.90. The lowest BCUT2D eigenvalue weighted by Gasteiger charge is -2.36. The molecular weight excluding hydrogens is 364 g/mol. The quantitative estimate of drug-likeness (QED) is 0.720. The average molecular weight is 386 g/mol. The van der Waals surface area contributed by atoms with Gasteiger partial charge in [0.25, 0.3) is 0 Å². The fourth-order valence-electron chi connectivity index (χ4n) is 3.42. The first-order chi connectivity index (χ1) is 14.3. The van der Waals surface area contributed by atoms with E-state index in [1.54, 1.807) is 25.4 Å². The molecule has 1 saturated heterocycles. The van der Waals surface area contributed by atoms with Crippen LogP contribution >= 0.6 is 0 Å². The van der Waals surface area contributed by atoms with Gasteiger partial charge in [-0.1, -0.05) is 18.2 Å². The van der Waals surface area contributed by atoms with Crippen molar-refractivity contribution in [2.45, 2.75) is 0 Å². The number of benzene rings is 2. The van der Waals surface area contributed by atoms with Crippen molar-refractivity contribution < 1.29 is 4.74 Å². The van der Waals surface area contributed by atoms with Crippen molar-refractivity contribution in [1.82, 2.24) is 9.97 Å². The Morgan fingerprint density at radius 3 is 2.59 bits per heavy atom. The summed E-state index contributed by atoms with van der Waals surface area (Å²) < 4.78 is 5.49. The van der Waals surface area contributed by atoms with Gasteiger partial charge in [-0.05, 0) is 36.4 Å². The van der Waals surface area contributed by atoms with Crippen molar-refractivity contribution in [3.63, 3.8) is 0 Å². The van der Waals surface area contributed by atoms with Crippen LogP contribution in [-0.4, -0.2) is 43.3 Å². The summed E-state index contributed by atoms with van der Waals surface area (Å²) in [6, 6.07) is 19.4. The van der Waals surface area contributed by atoms with E-state index in [1.807, 2.05) is 36.4 Å². The lowest BCUT2D eigenvalue weighted by atomic mass is 10.2. The number of anilines is 4. The van der Waals surface area contributed by atoms with Crippen LogP contribution in [0.5, 0.6) is 5.75 Å². The van der Waals surface area contributed by atoms with Gasteiger partial charge in [-0.25, -0.2) is 4.98 Å². The van der Waals surface area contributed by atoms with Gasteiger partial charge in [0.05, 0.1) is 24.4 Å². The standard InChI is InChI=1S/C22H22N6O/c1-29-20-8-3-2-7-19(20)27-11-13-28(14-12-27)22-24-10-9-21(26-22)25-18-6-4-5-17(15-18)16-23/h2-10,15H,11-14H2,1H3,(H,24,25,26). The summed E-state index contributed by atoms with van der Waals surface area (Å²) in [7, 11) is 1.70. The van der Waals surface area contributed by atoms with Gasteiger partial charge in [0.15, 0.2) is 0 Å². The maximum Gasteiger partial charge on any atom is 0.227 e. The predicted octanol–water partition coefficient (Wildman–Crippen LogP) is 3.43. The number of ether oxygens (including phenoxy) is 1. The van der Waals surface area contributed by atoms with Gasteiger partial charge in [-0.15, -0.1) is 0 Å². The minimum Gasteiger partial charge on any atom is -0.495 e. The molecule has 1 aromatic heterocycles. The molecule has 146 valence electrons. The molecule has 0 bridgehead atoms. The normalized spacial score (nSPS) is 13.7. The minimum atomic E-state index is 0.608. The molecule has 1 aliphatic rings. The molecule has 0 unspecified atom stereocenters. The van der Waals surface area contributed by atoms with Crippen LogP contribution in [0, 0.1) is 11.3 Å². The van der Waals surface area contributed by atoms with Crippen LogP contribution in [0.25, 0.3) is 0 Å². The zero-order valence-electron chi connectivity index (χ0n) is 16.2. The number of methoxy groups -OCH3 is 1. The smallest absolute Gasteiger partial charge is 0.227 e. The van der Waals surface area contributed by atoms with Crippen molar-refractivity contribution in [2.24, 2.45) is 0 Å². The molecule has 0 spiro atoms. The Hall–Kier alpha value is -3.79. The van der Waals surface area contributed by atoms with E-state index in [-0.39, 0.29) is 0 Å². The molecule has 4 rings (SSSR count). The maximum atomic E-state index is 9.06. The fourth-order valence-corrected chi connectivity index (χ4v) is 3.42. The number of para-hydroxylation sites is 2. The number of rotatable bonds is 5. The van der Waals surface area contributed by atoms with Crippen LogP contribution in [0.3, 0.4) is 0 Å². The van der Waals surface area contributed by atoms with Gasteiger partial charge < -0.3 is 19.9 Å². The number of nitriles is 1. The SMILES string of the molecule is COc1ccccc1N1CCN(c2nccc(Nc3cccc(C#N)c3)n2)CC1. The van der Waals surface area contributed by atoms with E-state index in [9.17, 15) is 0 Å². The number of nitrogens with one attached hydrogen (secondary N) is 1. The predicted molar refractivity (Wildman–Crippen MR) is 114 cm³/mol. The summed E-state index contributed by atoms with van der Waals surface area (Å²) >= 11 is 0. The van der Waals surface area contributed by atoms with E-state index in [0.717, 1.165) is 43.3 Å². The molecule has 2 aromatic carbocycles. The first-order valence-electron chi connectivity index (χ1n) is 9.50. The zero-order valence-corrected chi connectivity index (χ0v) is 16.2. The van der Waals surface area contributed by atoms with Crippen molar-refractivity contribution in [2.75, 3.05) is 48.4 Å². The second-order valence-electron chi connectivity index (χ2n) is 6.71. The highest BCUT2D eigenvalue weighted by Crippen LogP contribution is 2.29. The lowest BCUT2D eigenvalue weighted by molar-refractivity contribution is 0.413. The third-order valence-electron chi connectivity index (χ3n) is 4.90. The number of aromatic nitrogens is 2. The number of hydrogen-bond donors (Lipinski definition) is 1. The van der Waals surface area contributed by atoms with Crippen molar-refractivity contribution in [3.05, 3.63) is 66.4 Å². The summed E-state index contributed by atoms with van der Waals surface area (Å²) in [6.07, 6.45) is 1.76. The lowest BCUT2D eigenvalue weighted by Crippen LogP contribution is -2.47. The van der Waals surface area contributed by atoms with Gasteiger partial charge in [-0.2, -0.15) is 10.2 Å². The summed E-state index contributed by atoms with van der Waals surface area (Å²) in [6.45, 7) is 3.38. The van der Waals surface area contributed by atoms with E-state index in [1.165, 1.54) is 0 Å². The highest BCUT2D eigenvalue weighted by molar-refractivity contribution is 5.61. The molecule has 1 fully saturated rings. The van der Waals surface area contributed by atoms with Crippen LogP contribution in [0.1, 0.15) is 5.56 Å². The summed E-state index contributed by atoms with van der Waals surface area (Å²) in [5.41, 5.74) is 2.55. The Bertz CT molecular complexity index is 1020. The molecular formula is C22H22N6O. The topological polar surface area (TPSA) is 77.3 Å². The number of nitrogens with zero attached hydrogens (tertiary/aromatic N) is 5. The maximum absolute atomic E-state index is 9.06. The van der Waals surface area contributed by atoms with Crippen molar-refractivity contribution in [1.29, 1.82) is 5.26 Å². The van der Waals surface area contributed by atoms with Crippen LogP contribution in [0.2, 0.25) is 0 Å². The Morgan fingerprint density at radius 1 is 1.00 bits per heavy atom. The van der Waals surface area contributed by atoms with Crippen molar-refractivity contribution in [3.8, 4) is 11.8 Å². The molecule has 1 aliphatic heterocycles. The molecule has 7 heteroatoms. The molecule has 7 nitrogen and oxygen atoms in total. The van der Waals surface area contributed by atoms with E-state index >= 15 is 0 Å². The minimum absolute atomic E-state index is 0.608. The highest BCUT2D eigenvalue weighted by Gasteiger charge is 2.21. The third kappa shape index (κ3) is 4.22. The monoisotopic (exact) mass is 386 g/mol. The van der Waals surface area contributed by atoms with E-state index in [0.29, 0.717) is 17.3 Å². The molecule has 0 amide bonds. The van der Waals surface area contributed by atoms with E-state index < -0.39 is 0 Å². The molecule has 1 N–H and O–H groups in total. The fraction of sp³-hybridized carbons (Fsp3) is 0.227. The first kappa shape index (κ1) is 18.6. The largest absolute Gasteiger partial charge is 0.495 e. The van der Waals surface area contributed by atoms with E-state index in [2.05, 4.69) is 37.2 Å². The van der Waals surface area contributed by atoms with Crippen molar-refractivity contribution >= 4 is 23.1 Å². The summed E-state index contributed by atoms with van der Waals surface area (Å²) in [5, 5.41) is 12.3. The second-order valence-corrected chi connectivity index (χ2v) is 6.71. The Balaban J connectivity index is 1.44. The van der Waals surface area contributed by atoms with Crippen LogP contribution in [-0.2, 0) is 0 Å². The van der Waals surface area contributed by atoms with Crippen LogP contribution in [0.4, 0.5) is 23.1 Å². The summed E-state index contributed by atoms with van der Waals surface area (Å²) in [5.74, 6) is 2.30. The molecule has 0 radical (unpaired) electrons. The van der Waals surface area contributed by atoms with E-state index in [4.69, 9.17) is 10.00 Å². The highest BCUT2D eigenvalue weighted by atomic mass is 16.5. The Labute approximate surface area is 170 Å². The molecule has 2 heterocycles. The van der Waals surface area contributed by atoms with Gasteiger partial charge in [0.2, 0.25) is 5.95 Å². The molecule has 0 atom stereocenters. The van der Waals surface area contributed by atoms with Gasteiger partial charge in [0.1, 0.15) is 11.6 Å². The Morgan fingerprint density at radius 2 is 1.79 bits per heavy atom. The number of piperazine rings is 1. The average Bonchev–Trinajstić information content (AvgIpc) is 2.79. The van der Waals surface area contributed by atoms with Gasteiger partial charge >= 0.3 is 0 Å². The van der Waals surface area contributed by atoms with Gasteiger partial charge in [0, 0.05) is 38.1 Å². The molecule has 0 aliphatic carbocycles. The van der Waals surface area contributed by atoms with Crippen LogP contribution < -0.4 is 19.9 Å². The molecule has 29 heavy (non-hydrogen) atoms. The molecule has 3 aromatic rings. The van der Waals surface area contributed by atoms with Gasteiger partial charge in [-0.3, -0.25) is 0 Å². The van der Waals surface area contributed by atoms with Crippen LogP contribution in [0.15, 0.2) is 60.8 Å². The zero-order chi connectivity index (χ0) is 20.1. The summed E-state index contributed by atoms with van der Waals surface area (Å²) in [4.78, 5) is 13.6. The first-order valence-corrected chi connectivity index (χ1v) is 9.50. The molecule has 0 saturated carbocycles. The number of hydrogen-bond acceptors (Lipinski definition) is 7. The second kappa shape index (κ2) is 8.48.